The van der Waals surface area contributed by atoms with Crippen LogP contribution in [0.15, 0.2) is 47.8 Å². The van der Waals surface area contributed by atoms with E-state index in [1.54, 1.807) is 23.3 Å². The van der Waals surface area contributed by atoms with Gasteiger partial charge in [0.25, 0.3) is 5.91 Å². The van der Waals surface area contributed by atoms with Crippen molar-refractivity contribution in [3.63, 3.8) is 0 Å². The average Bonchev–Trinajstić information content (AvgIpc) is 3.30. The number of aromatic nitrogens is 1. The predicted octanol–water partition coefficient (Wildman–Crippen LogP) is 4.76. The maximum atomic E-state index is 12.6. The molecule has 4 rings (SSSR count). The number of amides is 1. The minimum absolute atomic E-state index is 0.0407. The van der Waals surface area contributed by atoms with Crippen LogP contribution in [0.5, 0.6) is 11.5 Å². The van der Waals surface area contributed by atoms with Crippen molar-refractivity contribution in [2.24, 2.45) is 0 Å². The first-order chi connectivity index (χ1) is 15.7. The molecule has 0 atom stereocenters. The van der Waals surface area contributed by atoms with Crippen LogP contribution in [0, 0.1) is 0 Å². The van der Waals surface area contributed by atoms with E-state index < -0.39 is 0 Å². The summed E-state index contributed by atoms with van der Waals surface area (Å²) in [5, 5.41) is 3.08. The quantitative estimate of drug-likeness (QED) is 0.415. The van der Waals surface area contributed by atoms with Crippen molar-refractivity contribution in [2.75, 3.05) is 38.4 Å². The Labute approximate surface area is 192 Å². The second-order valence-electron chi connectivity index (χ2n) is 7.59. The maximum absolute atomic E-state index is 12.6. The molecule has 2 heterocycles. The number of thiazole rings is 1. The third-order valence-corrected chi connectivity index (χ3v) is 6.30. The Bertz CT molecular complexity index is 1050. The van der Waals surface area contributed by atoms with Crippen molar-refractivity contribution >= 4 is 22.9 Å². The zero-order chi connectivity index (χ0) is 22.3. The molecule has 7 heteroatoms. The molecule has 1 amide bonds. The van der Waals surface area contributed by atoms with Crippen LogP contribution in [-0.2, 0) is 22.4 Å². The topological polar surface area (TPSA) is 60.9 Å². The molecule has 0 unspecified atom stereocenters. The highest BCUT2D eigenvalue weighted by atomic mass is 32.1. The molecule has 1 aromatic heterocycles. The molecule has 32 heavy (non-hydrogen) atoms. The highest BCUT2D eigenvalue weighted by molar-refractivity contribution is 7.09. The van der Waals surface area contributed by atoms with E-state index in [2.05, 4.69) is 19.1 Å². The Kier molecular flexibility index (Phi) is 7.39. The van der Waals surface area contributed by atoms with E-state index in [-0.39, 0.29) is 12.5 Å². The zero-order valence-electron chi connectivity index (χ0n) is 18.5. The molecular weight excluding hydrogens is 424 g/mol. The number of hydrogen-bond donors (Lipinski definition) is 0. The molecule has 2 aromatic carbocycles. The van der Waals surface area contributed by atoms with Gasteiger partial charge in [-0.05, 0) is 48.7 Å². The molecule has 0 fully saturated rings. The molecule has 168 valence electrons. The molecule has 0 spiro atoms. The van der Waals surface area contributed by atoms with E-state index in [1.165, 1.54) is 5.56 Å². The molecule has 1 aliphatic heterocycles. The molecule has 0 saturated heterocycles. The number of methoxy groups -OCH3 is 1. The summed E-state index contributed by atoms with van der Waals surface area (Å²) in [6.07, 6.45) is 2.53. The van der Waals surface area contributed by atoms with E-state index in [1.807, 2.05) is 35.7 Å². The van der Waals surface area contributed by atoms with Crippen LogP contribution in [0.25, 0.3) is 11.3 Å². The highest BCUT2D eigenvalue weighted by Gasteiger charge is 2.26. The molecule has 0 radical (unpaired) electrons. The van der Waals surface area contributed by atoms with Crippen molar-refractivity contribution < 1.29 is 19.0 Å². The Balaban J connectivity index is 1.41. The predicted molar refractivity (Wildman–Crippen MR) is 127 cm³/mol. The minimum atomic E-state index is -0.0407. The number of anilines is 1. The Morgan fingerprint density at radius 2 is 2.00 bits per heavy atom. The molecule has 0 saturated carbocycles. The zero-order valence-corrected chi connectivity index (χ0v) is 19.3. The number of hydrogen-bond acceptors (Lipinski definition) is 6. The summed E-state index contributed by atoms with van der Waals surface area (Å²) >= 11 is 1.62. The lowest BCUT2D eigenvalue weighted by Crippen LogP contribution is -2.39. The SMILES string of the molecule is CCc1ccc(OCCCN2C(=O)COc3ccc(-c4csc(CCOC)n4)cc32)cc1. The van der Waals surface area contributed by atoms with Gasteiger partial charge in [-0.25, -0.2) is 4.98 Å². The second-order valence-corrected chi connectivity index (χ2v) is 8.53. The Morgan fingerprint density at radius 1 is 1.16 bits per heavy atom. The third kappa shape index (κ3) is 5.29. The first kappa shape index (κ1) is 22.3. The van der Waals surface area contributed by atoms with Gasteiger partial charge in [0.15, 0.2) is 6.61 Å². The fourth-order valence-corrected chi connectivity index (χ4v) is 4.38. The fraction of sp³-hybridized carbons (Fsp3) is 0.360. The van der Waals surface area contributed by atoms with E-state index in [0.717, 1.165) is 52.7 Å². The highest BCUT2D eigenvalue weighted by Crippen LogP contribution is 2.36. The minimum Gasteiger partial charge on any atom is -0.494 e. The van der Waals surface area contributed by atoms with Gasteiger partial charge in [0.1, 0.15) is 11.5 Å². The number of carbonyl (C=O) groups is 1. The van der Waals surface area contributed by atoms with Crippen molar-refractivity contribution in [1.29, 1.82) is 0 Å². The third-order valence-electron chi connectivity index (χ3n) is 5.40. The number of carbonyl (C=O) groups excluding carboxylic acids is 1. The van der Waals surface area contributed by atoms with Gasteiger partial charge in [0.05, 0.1) is 29.6 Å². The van der Waals surface area contributed by atoms with Gasteiger partial charge in [0.2, 0.25) is 0 Å². The molecule has 6 nitrogen and oxygen atoms in total. The van der Waals surface area contributed by atoms with Crippen molar-refractivity contribution in [1.82, 2.24) is 4.98 Å². The largest absolute Gasteiger partial charge is 0.494 e. The number of ether oxygens (including phenoxy) is 3. The van der Waals surface area contributed by atoms with Gasteiger partial charge in [-0.3, -0.25) is 4.79 Å². The van der Waals surface area contributed by atoms with Gasteiger partial charge in [-0.1, -0.05) is 19.1 Å². The average molecular weight is 453 g/mol. The standard InChI is InChI=1S/C25H28N2O4S/c1-3-18-5-8-20(9-6-18)30-13-4-12-27-22-15-19(7-10-23(22)31-16-25(27)28)21-17-32-24(26-21)11-14-29-2/h5-10,15,17H,3-4,11-14,16H2,1-2H3. The number of rotatable bonds is 10. The van der Waals surface area contributed by atoms with Crippen molar-refractivity contribution in [3.8, 4) is 22.8 Å². The van der Waals surface area contributed by atoms with Gasteiger partial charge >= 0.3 is 0 Å². The van der Waals surface area contributed by atoms with Crippen LogP contribution in [-0.4, -0.2) is 44.4 Å². The second kappa shape index (κ2) is 10.6. The molecular formula is C25H28N2O4S. The van der Waals surface area contributed by atoms with E-state index in [4.69, 9.17) is 19.2 Å². The van der Waals surface area contributed by atoms with E-state index in [0.29, 0.717) is 19.8 Å². The lowest BCUT2D eigenvalue weighted by Gasteiger charge is -2.29. The number of nitrogens with zero attached hydrogens (tertiary/aromatic N) is 2. The smallest absolute Gasteiger partial charge is 0.265 e. The summed E-state index contributed by atoms with van der Waals surface area (Å²) in [5.41, 5.74) is 3.95. The summed E-state index contributed by atoms with van der Waals surface area (Å²) in [7, 11) is 1.69. The summed E-state index contributed by atoms with van der Waals surface area (Å²) in [5.74, 6) is 1.53. The lowest BCUT2D eigenvalue weighted by molar-refractivity contribution is -0.121. The molecule has 0 N–H and O–H groups in total. The fourth-order valence-electron chi connectivity index (χ4n) is 3.59. The van der Waals surface area contributed by atoms with Gasteiger partial charge < -0.3 is 19.1 Å². The van der Waals surface area contributed by atoms with Gasteiger partial charge in [0, 0.05) is 31.0 Å². The molecule has 0 bridgehead atoms. The monoisotopic (exact) mass is 452 g/mol. The van der Waals surface area contributed by atoms with Gasteiger partial charge in [-0.15, -0.1) is 11.3 Å². The summed E-state index contributed by atoms with van der Waals surface area (Å²) in [4.78, 5) is 19.1. The normalized spacial score (nSPS) is 13.1. The van der Waals surface area contributed by atoms with E-state index in [9.17, 15) is 4.79 Å². The lowest BCUT2D eigenvalue weighted by atomic mass is 10.1. The Morgan fingerprint density at radius 3 is 2.78 bits per heavy atom. The van der Waals surface area contributed by atoms with Crippen molar-refractivity contribution in [2.45, 2.75) is 26.2 Å². The van der Waals surface area contributed by atoms with Crippen LogP contribution in [0.3, 0.4) is 0 Å². The molecule has 0 aliphatic carbocycles. The van der Waals surface area contributed by atoms with Crippen LogP contribution in [0.1, 0.15) is 23.9 Å². The first-order valence-electron chi connectivity index (χ1n) is 10.9. The van der Waals surface area contributed by atoms with E-state index >= 15 is 0 Å². The summed E-state index contributed by atoms with van der Waals surface area (Å²) in [6, 6.07) is 14.1. The van der Waals surface area contributed by atoms with Crippen LogP contribution >= 0.6 is 11.3 Å². The first-order valence-corrected chi connectivity index (χ1v) is 11.8. The maximum Gasteiger partial charge on any atom is 0.265 e. The summed E-state index contributed by atoms with van der Waals surface area (Å²) < 4.78 is 16.7. The van der Waals surface area contributed by atoms with Crippen LogP contribution < -0.4 is 14.4 Å². The summed E-state index contributed by atoms with van der Waals surface area (Å²) in [6.45, 7) is 3.96. The molecule has 3 aromatic rings. The number of aryl methyl sites for hydroxylation is 1. The Hall–Kier alpha value is -2.90. The van der Waals surface area contributed by atoms with Crippen LogP contribution in [0.4, 0.5) is 5.69 Å². The van der Waals surface area contributed by atoms with Crippen molar-refractivity contribution in [3.05, 3.63) is 58.4 Å². The van der Waals surface area contributed by atoms with Gasteiger partial charge in [-0.2, -0.15) is 0 Å². The van der Waals surface area contributed by atoms with Crippen LogP contribution in [0.2, 0.25) is 0 Å². The number of benzene rings is 2. The number of fused-ring (bicyclic) bond motifs is 1. The molecule has 1 aliphatic rings.